The summed E-state index contributed by atoms with van der Waals surface area (Å²) in [5, 5.41) is 8.51. The predicted molar refractivity (Wildman–Crippen MR) is 41.5 cm³/mol. The molecule has 0 fully saturated rings. The van der Waals surface area contributed by atoms with Crippen molar-refractivity contribution in [1.82, 2.24) is 0 Å². The van der Waals surface area contributed by atoms with Crippen molar-refractivity contribution in [1.29, 1.82) is 0 Å². The molecule has 0 amide bonds. The number of hydrogen-bond acceptors (Lipinski definition) is 1. The lowest BCUT2D eigenvalue weighted by molar-refractivity contribution is 0.203. The first-order valence-electron chi connectivity index (χ1n) is 2.79. The van der Waals surface area contributed by atoms with Crippen LogP contribution in [0, 0.1) is 11.8 Å². The molecule has 0 saturated carbocycles. The molecule has 52 valence electrons. The van der Waals surface area contributed by atoms with Gasteiger partial charge in [-0.2, -0.15) is 13.5 Å². The highest BCUT2D eigenvalue weighted by molar-refractivity contribution is 7.59. The second-order valence-electron chi connectivity index (χ2n) is 2.40. The van der Waals surface area contributed by atoms with E-state index in [4.69, 9.17) is 5.11 Å². The third kappa shape index (κ3) is 4.47. The zero-order valence-corrected chi connectivity index (χ0v) is 6.81. The van der Waals surface area contributed by atoms with Gasteiger partial charge < -0.3 is 5.11 Å². The largest absolute Gasteiger partial charge is 0.396 e. The van der Waals surface area contributed by atoms with Crippen molar-refractivity contribution >= 4 is 13.5 Å². The van der Waals surface area contributed by atoms with Crippen molar-refractivity contribution in [2.75, 3.05) is 6.61 Å². The molecule has 8 heavy (non-hydrogen) atoms. The number of hydrogen-bond donors (Lipinski definition) is 1. The van der Waals surface area contributed by atoms with Gasteiger partial charge in [-0.05, 0) is 11.8 Å². The van der Waals surface area contributed by atoms with Crippen LogP contribution in [-0.4, -0.2) is 11.7 Å². The average Bonchev–Trinajstić information content (AvgIpc) is 1.65. The van der Waals surface area contributed by atoms with Gasteiger partial charge in [-0.3, -0.25) is 0 Å². The fourth-order valence-electron chi connectivity index (χ4n) is 0.211. The molecule has 1 N–H and O–H groups in total. The molecule has 2 heteroatoms. The van der Waals surface area contributed by atoms with E-state index in [1.807, 2.05) is 6.92 Å². The van der Waals surface area contributed by atoms with E-state index in [1.165, 1.54) is 0 Å². The Bertz CT molecular complexity index is 45.8. The van der Waals surface area contributed by atoms with Gasteiger partial charge in [0.05, 0.1) is 0 Å². The Kier molecular flexibility index (Phi) is 7.59. The number of aliphatic hydroxyl groups excluding tert-OH is 1. The first-order valence-corrected chi connectivity index (χ1v) is 2.79. The van der Waals surface area contributed by atoms with Gasteiger partial charge in [0.15, 0.2) is 0 Å². The van der Waals surface area contributed by atoms with E-state index >= 15 is 0 Å². The van der Waals surface area contributed by atoms with E-state index in [-0.39, 0.29) is 13.5 Å². The van der Waals surface area contributed by atoms with Crippen molar-refractivity contribution in [2.45, 2.75) is 20.8 Å². The lowest BCUT2D eigenvalue weighted by Crippen LogP contribution is -2.07. The summed E-state index contributed by atoms with van der Waals surface area (Å²) in [6.45, 7) is 6.59. The molecule has 0 unspecified atom stereocenters. The Morgan fingerprint density at radius 1 is 1.25 bits per heavy atom. The number of rotatable bonds is 2. The molecule has 0 bridgehead atoms. The lowest BCUT2D eigenvalue weighted by atomic mass is 10.00. The monoisotopic (exact) mass is 136 g/mol. The Morgan fingerprint density at radius 2 is 1.62 bits per heavy atom. The summed E-state index contributed by atoms with van der Waals surface area (Å²) in [5.74, 6) is 1.07. The molecule has 1 atom stereocenters. The van der Waals surface area contributed by atoms with Crippen LogP contribution in [-0.2, 0) is 0 Å². The van der Waals surface area contributed by atoms with Gasteiger partial charge in [0.2, 0.25) is 0 Å². The molecule has 0 aromatic heterocycles. The van der Waals surface area contributed by atoms with Gasteiger partial charge in [-0.1, -0.05) is 20.8 Å². The van der Waals surface area contributed by atoms with Gasteiger partial charge in [-0.15, -0.1) is 0 Å². The molecule has 0 aliphatic heterocycles. The van der Waals surface area contributed by atoms with E-state index in [2.05, 4.69) is 13.8 Å². The zero-order chi connectivity index (χ0) is 5.86. The minimum atomic E-state index is 0. The Morgan fingerprint density at radius 3 is 1.62 bits per heavy atom. The lowest BCUT2D eigenvalue weighted by Gasteiger charge is -2.09. The molecule has 0 saturated heterocycles. The van der Waals surface area contributed by atoms with Gasteiger partial charge in [0, 0.05) is 6.61 Å². The molecular formula is C6H16OS. The molecule has 0 aromatic carbocycles. The van der Waals surface area contributed by atoms with Gasteiger partial charge in [0.25, 0.3) is 0 Å². The zero-order valence-electron chi connectivity index (χ0n) is 5.81. The van der Waals surface area contributed by atoms with E-state index in [0.717, 1.165) is 0 Å². The van der Waals surface area contributed by atoms with Crippen LogP contribution in [0.25, 0.3) is 0 Å². The van der Waals surface area contributed by atoms with Gasteiger partial charge in [0.1, 0.15) is 0 Å². The van der Waals surface area contributed by atoms with E-state index in [1.54, 1.807) is 0 Å². The summed E-state index contributed by atoms with van der Waals surface area (Å²) < 4.78 is 0. The number of aliphatic hydroxyl groups is 1. The summed E-state index contributed by atoms with van der Waals surface area (Å²) in [6.07, 6.45) is 0. The maximum absolute atomic E-state index is 8.51. The summed E-state index contributed by atoms with van der Waals surface area (Å²) >= 11 is 0. The molecular weight excluding hydrogens is 120 g/mol. The molecule has 0 spiro atoms. The minimum absolute atomic E-state index is 0. The van der Waals surface area contributed by atoms with E-state index in [9.17, 15) is 0 Å². The summed E-state index contributed by atoms with van der Waals surface area (Å²) in [5.41, 5.74) is 0. The van der Waals surface area contributed by atoms with Crippen molar-refractivity contribution in [3.8, 4) is 0 Å². The molecule has 0 aliphatic rings. The highest BCUT2D eigenvalue weighted by Crippen LogP contribution is 2.06. The quantitative estimate of drug-likeness (QED) is 0.608. The van der Waals surface area contributed by atoms with Crippen molar-refractivity contribution in [3.63, 3.8) is 0 Å². The topological polar surface area (TPSA) is 20.2 Å². The van der Waals surface area contributed by atoms with Crippen LogP contribution in [0.2, 0.25) is 0 Å². The second-order valence-corrected chi connectivity index (χ2v) is 2.40. The van der Waals surface area contributed by atoms with Crippen LogP contribution in [0.5, 0.6) is 0 Å². The van der Waals surface area contributed by atoms with Crippen LogP contribution >= 0.6 is 13.5 Å². The van der Waals surface area contributed by atoms with E-state index in [0.29, 0.717) is 18.4 Å². The van der Waals surface area contributed by atoms with Crippen molar-refractivity contribution in [2.24, 2.45) is 11.8 Å². The Hall–Kier alpha value is 0.310. The first-order chi connectivity index (χ1) is 3.18. The molecule has 1 nitrogen and oxygen atoms in total. The summed E-state index contributed by atoms with van der Waals surface area (Å²) in [6, 6.07) is 0. The van der Waals surface area contributed by atoms with Crippen LogP contribution < -0.4 is 0 Å². The highest BCUT2D eigenvalue weighted by Gasteiger charge is 2.02. The van der Waals surface area contributed by atoms with Crippen molar-refractivity contribution < 1.29 is 5.11 Å². The van der Waals surface area contributed by atoms with Gasteiger partial charge in [-0.25, -0.2) is 0 Å². The average molecular weight is 136 g/mol. The van der Waals surface area contributed by atoms with E-state index < -0.39 is 0 Å². The highest BCUT2D eigenvalue weighted by atomic mass is 32.1. The standard InChI is InChI=1S/C6H14O.H2S/c1-5(2)6(3)4-7;/h5-7H,4H2,1-3H3;1H2/t6-;/m1./s1. The molecule has 0 aliphatic carbocycles. The third-order valence-corrected chi connectivity index (χ3v) is 1.43. The Labute approximate surface area is 58.6 Å². The SMILES string of the molecule is CC(C)[C@H](C)CO.S. The molecule has 0 radical (unpaired) electrons. The van der Waals surface area contributed by atoms with Crippen LogP contribution in [0.15, 0.2) is 0 Å². The first kappa shape index (κ1) is 11.2. The second kappa shape index (κ2) is 5.45. The van der Waals surface area contributed by atoms with Crippen molar-refractivity contribution in [3.05, 3.63) is 0 Å². The predicted octanol–water partition coefficient (Wildman–Crippen LogP) is 1.38. The molecule has 0 aromatic rings. The maximum Gasteiger partial charge on any atom is 0.0459 e. The fourth-order valence-corrected chi connectivity index (χ4v) is 0.211. The maximum atomic E-state index is 8.51. The minimum Gasteiger partial charge on any atom is -0.396 e. The smallest absolute Gasteiger partial charge is 0.0459 e. The fraction of sp³-hybridized carbons (Fsp3) is 1.00. The third-order valence-electron chi connectivity index (χ3n) is 1.43. The molecule has 0 rings (SSSR count). The van der Waals surface area contributed by atoms with Crippen LogP contribution in [0.1, 0.15) is 20.8 Å². The Balaban J connectivity index is 0. The van der Waals surface area contributed by atoms with Crippen LogP contribution in [0.3, 0.4) is 0 Å². The van der Waals surface area contributed by atoms with Crippen LogP contribution in [0.4, 0.5) is 0 Å². The van der Waals surface area contributed by atoms with Gasteiger partial charge >= 0.3 is 0 Å². The summed E-state index contributed by atoms with van der Waals surface area (Å²) in [4.78, 5) is 0. The molecule has 0 heterocycles. The summed E-state index contributed by atoms with van der Waals surface area (Å²) in [7, 11) is 0. The normalized spacial score (nSPS) is 13.1.